The molecular weight excluding hydrogens is 328 g/mol. The lowest BCUT2D eigenvalue weighted by Crippen LogP contribution is -2.27. The van der Waals surface area contributed by atoms with Crippen molar-refractivity contribution in [3.05, 3.63) is 46.3 Å². The third-order valence-electron chi connectivity index (χ3n) is 3.23. The second-order valence-electron chi connectivity index (χ2n) is 5.08. The van der Waals surface area contributed by atoms with Crippen molar-refractivity contribution in [3.8, 4) is 11.5 Å². The molecule has 0 radical (unpaired) electrons. The zero-order valence-electron chi connectivity index (χ0n) is 14.1. The van der Waals surface area contributed by atoms with Crippen LogP contribution in [0, 0.1) is 10.1 Å². The molecule has 1 aromatic heterocycles. The molecule has 0 saturated heterocycles. The van der Waals surface area contributed by atoms with Gasteiger partial charge in [0.15, 0.2) is 11.5 Å². The lowest BCUT2D eigenvalue weighted by atomic mass is 10.2. The number of aromatic nitrogens is 2. The number of hydrogen-bond acceptors (Lipinski definition) is 6. The first-order valence-electron chi connectivity index (χ1n) is 7.85. The molecule has 1 amide bonds. The van der Waals surface area contributed by atoms with E-state index in [4.69, 9.17) is 9.47 Å². The van der Waals surface area contributed by atoms with Crippen molar-refractivity contribution >= 4 is 11.6 Å². The summed E-state index contributed by atoms with van der Waals surface area (Å²) in [5, 5.41) is 17.1. The molecule has 0 unspecified atom stereocenters. The van der Waals surface area contributed by atoms with Gasteiger partial charge in [-0.05, 0) is 31.5 Å². The molecule has 25 heavy (non-hydrogen) atoms. The third-order valence-corrected chi connectivity index (χ3v) is 3.23. The molecule has 0 spiro atoms. The molecule has 134 valence electrons. The Morgan fingerprint density at radius 1 is 1.28 bits per heavy atom. The average molecular weight is 348 g/mol. The van der Waals surface area contributed by atoms with E-state index in [2.05, 4.69) is 10.4 Å². The van der Waals surface area contributed by atoms with Gasteiger partial charge in [0, 0.05) is 6.54 Å². The van der Waals surface area contributed by atoms with Gasteiger partial charge < -0.3 is 14.8 Å². The molecule has 1 heterocycles. The summed E-state index contributed by atoms with van der Waals surface area (Å²) >= 11 is 0. The van der Waals surface area contributed by atoms with Gasteiger partial charge in [-0.25, -0.2) is 0 Å². The zero-order chi connectivity index (χ0) is 18.2. The summed E-state index contributed by atoms with van der Waals surface area (Å²) in [6, 6.07) is 5.45. The van der Waals surface area contributed by atoms with Gasteiger partial charge in [0.05, 0.1) is 18.1 Å². The van der Waals surface area contributed by atoms with Crippen LogP contribution in [0.2, 0.25) is 0 Å². The molecule has 2 rings (SSSR count). The highest BCUT2D eigenvalue weighted by atomic mass is 16.6. The molecule has 0 bridgehead atoms. The molecule has 0 atom stereocenters. The third kappa shape index (κ3) is 5.20. The monoisotopic (exact) mass is 348 g/mol. The Morgan fingerprint density at radius 2 is 2.00 bits per heavy atom. The number of amides is 1. The second-order valence-corrected chi connectivity index (χ2v) is 5.08. The van der Waals surface area contributed by atoms with Crippen LogP contribution >= 0.6 is 0 Å². The molecule has 2 aromatic rings. The molecule has 0 saturated carbocycles. The molecule has 0 aliphatic carbocycles. The summed E-state index contributed by atoms with van der Waals surface area (Å²) in [4.78, 5) is 22.0. The van der Waals surface area contributed by atoms with Crippen LogP contribution in [0.5, 0.6) is 11.5 Å². The van der Waals surface area contributed by atoms with Crippen LogP contribution in [0.4, 0.5) is 5.69 Å². The standard InChI is InChI=1S/C16H20N4O5/c1-3-24-14-6-5-12(7-15(14)25-4-2)8-17-16(21)11-19-10-13(9-18-19)20(22)23/h5-7,9-10H,3-4,8,11H2,1-2H3,(H,17,21). The van der Waals surface area contributed by atoms with Gasteiger partial charge in [-0.15, -0.1) is 0 Å². The predicted octanol–water partition coefficient (Wildman–Crippen LogP) is 1.91. The molecular formula is C16H20N4O5. The molecule has 0 aliphatic rings. The Bertz CT molecular complexity index is 744. The summed E-state index contributed by atoms with van der Waals surface area (Å²) in [6.07, 6.45) is 2.32. The van der Waals surface area contributed by atoms with Gasteiger partial charge in [-0.1, -0.05) is 6.07 Å². The topological polar surface area (TPSA) is 109 Å². The quantitative estimate of drug-likeness (QED) is 0.548. The van der Waals surface area contributed by atoms with Gasteiger partial charge in [0.2, 0.25) is 5.91 Å². The largest absolute Gasteiger partial charge is 0.490 e. The highest BCUT2D eigenvalue weighted by molar-refractivity contribution is 5.75. The van der Waals surface area contributed by atoms with Crippen molar-refractivity contribution in [2.75, 3.05) is 13.2 Å². The minimum atomic E-state index is -0.559. The van der Waals surface area contributed by atoms with Gasteiger partial charge in [-0.3, -0.25) is 19.6 Å². The van der Waals surface area contributed by atoms with Gasteiger partial charge in [0.1, 0.15) is 18.9 Å². The summed E-state index contributed by atoms with van der Waals surface area (Å²) < 4.78 is 12.3. The first-order chi connectivity index (χ1) is 12.0. The number of nitro groups is 1. The van der Waals surface area contributed by atoms with E-state index in [1.54, 1.807) is 6.07 Å². The van der Waals surface area contributed by atoms with Gasteiger partial charge in [-0.2, -0.15) is 5.10 Å². The number of benzene rings is 1. The maximum absolute atomic E-state index is 11.9. The Morgan fingerprint density at radius 3 is 2.64 bits per heavy atom. The summed E-state index contributed by atoms with van der Waals surface area (Å²) in [5.41, 5.74) is 0.701. The van der Waals surface area contributed by atoms with Crippen LogP contribution in [-0.2, 0) is 17.9 Å². The van der Waals surface area contributed by atoms with Crippen LogP contribution < -0.4 is 14.8 Å². The van der Waals surface area contributed by atoms with E-state index in [1.807, 2.05) is 26.0 Å². The molecule has 9 heteroatoms. The van der Waals surface area contributed by atoms with Gasteiger partial charge in [0.25, 0.3) is 0 Å². The van der Waals surface area contributed by atoms with Crippen molar-refractivity contribution in [2.24, 2.45) is 0 Å². The minimum Gasteiger partial charge on any atom is -0.490 e. The highest BCUT2D eigenvalue weighted by Gasteiger charge is 2.11. The van der Waals surface area contributed by atoms with Crippen molar-refractivity contribution < 1.29 is 19.2 Å². The first-order valence-corrected chi connectivity index (χ1v) is 7.85. The Kier molecular flexibility index (Phi) is 6.33. The highest BCUT2D eigenvalue weighted by Crippen LogP contribution is 2.28. The van der Waals surface area contributed by atoms with Crippen molar-refractivity contribution in [2.45, 2.75) is 26.9 Å². The Hall–Kier alpha value is -3.10. The van der Waals surface area contributed by atoms with Crippen LogP contribution in [0.3, 0.4) is 0 Å². The second kappa shape index (κ2) is 8.67. The lowest BCUT2D eigenvalue weighted by Gasteiger charge is -2.13. The minimum absolute atomic E-state index is 0.0941. The number of ether oxygens (including phenoxy) is 2. The van der Waals surface area contributed by atoms with E-state index in [0.29, 0.717) is 31.3 Å². The smallest absolute Gasteiger partial charge is 0.307 e. The number of carbonyl (C=O) groups is 1. The summed E-state index contributed by atoms with van der Waals surface area (Å²) in [6.45, 7) is 5.02. The number of hydrogen-bond donors (Lipinski definition) is 1. The van der Waals surface area contributed by atoms with E-state index in [0.717, 1.165) is 11.8 Å². The van der Waals surface area contributed by atoms with Crippen molar-refractivity contribution in [1.29, 1.82) is 0 Å². The summed E-state index contributed by atoms with van der Waals surface area (Å²) in [5.74, 6) is 0.979. The summed E-state index contributed by atoms with van der Waals surface area (Å²) in [7, 11) is 0. The maximum Gasteiger partial charge on any atom is 0.307 e. The fourth-order valence-corrected chi connectivity index (χ4v) is 2.14. The number of carbonyl (C=O) groups excluding carboxylic acids is 1. The SMILES string of the molecule is CCOc1ccc(CNC(=O)Cn2cc([N+](=O)[O-])cn2)cc1OCC. The van der Waals surface area contributed by atoms with Crippen LogP contribution in [-0.4, -0.2) is 33.8 Å². The van der Waals surface area contributed by atoms with Crippen LogP contribution in [0.15, 0.2) is 30.6 Å². The lowest BCUT2D eigenvalue weighted by molar-refractivity contribution is -0.385. The molecule has 1 aromatic carbocycles. The molecule has 0 fully saturated rings. The predicted molar refractivity (Wildman–Crippen MR) is 89.5 cm³/mol. The maximum atomic E-state index is 11.9. The fraction of sp³-hybridized carbons (Fsp3) is 0.375. The average Bonchev–Trinajstić information content (AvgIpc) is 3.04. The fourth-order valence-electron chi connectivity index (χ4n) is 2.14. The van der Waals surface area contributed by atoms with E-state index < -0.39 is 4.92 Å². The van der Waals surface area contributed by atoms with Crippen LogP contribution in [0.25, 0.3) is 0 Å². The van der Waals surface area contributed by atoms with E-state index in [1.165, 1.54) is 10.9 Å². The first kappa shape index (κ1) is 18.2. The number of rotatable bonds is 9. The van der Waals surface area contributed by atoms with Crippen molar-refractivity contribution in [3.63, 3.8) is 0 Å². The Balaban J connectivity index is 1.94. The van der Waals surface area contributed by atoms with E-state index in [9.17, 15) is 14.9 Å². The molecule has 1 N–H and O–H groups in total. The van der Waals surface area contributed by atoms with Crippen LogP contribution in [0.1, 0.15) is 19.4 Å². The number of nitrogens with zero attached hydrogens (tertiary/aromatic N) is 3. The van der Waals surface area contributed by atoms with Gasteiger partial charge >= 0.3 is 5.69 Å². The Labute approximate surface area is 144 Å². The molecule has 0 aliphatic heterocycles. The van der Waals surface area contributed by atoms with Crippen molar-refractivity contribution in [1.82, 2.24) is 15.1 Å². The molecule has 9 nitrogen and oxygen atoms in total. The van der Waals surface area contributed by atoms with E-state index >= 15 is 0 Å². The zero-order valence-corrected chi connectivity index (χ0v) is 14.1. The van der Waals surface area contributed by atoms with E-state index in [-0.39, 0.29) is 18.1 Å². The normalized spacial score (nSPS) is 10.3. The number of nitrogens with one attached hydrogen (secondary N) is 1.